The molecule has 1 aromatic heterocycles. The maximum absolute atomic E-state index is 13.3. The van der Waals surface area contributed by atoms with Crippen LogP contribution in [0.5, 0.6) is 0 Å². The molecule has 0 radical (unpaired) electrons. The summed E-state index contributed by atoms with van der Waals surface area (Å²) in [5.41, 5.74) is 2.68. The largest absolute Gasteiger partial charge is 0.353 e. The summed E-state index contributed by atoms with van der Waals surface area (Å²) in [5, 5.41) is 0.750. The monoisotopic (exact) mass is 496 g/mol. The topological polar surface area (TPSA) is 72.9 Å². The number of benzene rings is 1. The van der Waals surface area contributed by atoms with E-state index >= 15 is 0 Å². The first-order valence-corrected chi connectivity index (χ1v) is 12.9. The zero-order chi connectivity index (χ0) is 24.7. The Morgan fingerprint density at radius 3 is 2.60 bits per heavy atom. The van der Waals surface area contributed by atoms with Gasteiger partial charge in [0.05, 0.1) is 6.54 Å². The first-order chi connectivity index (χ1) is 16.8. The van der Waals surface area contributed by atoms with Gasteiger partial charge in [0.25, 0.3) is 5.91 Å². The number of fused-ring (bicyclic) bond motifs is 1. The second-order valence-electron chi connectivity index (χ2n) is 10.0. The molecule has 4 heterocycles. The van der Waals surface area contributed by atoms with E-state index in [0.29, 0.717) is 44.4 Å². The molecule has 2 amide bonds. The molecule has 0 spiro atoms. The second-order valence-corrected chi connectivity index (χ2v) is 10.5. The SMILES string of the molecule is CC(=O)N1CCN(c2nc3c(c(N4CCCC4Cc4cccc(Cl)c4)n2)CN(C(C)C)C3=O)CC1. The zero-order valence-corrected chi connectivity index (χ0v) is 21.5. The van der Waals surface area contributed by atoms with Gasteiger partial charge in [0.1, 0.15) is 11.5 Å². The van der Waals surface area contributed by atoms with Crippen LogP contribution in [0.25, 0.3) is 0 Å². The van der Waals surface area contributed by atoms with Gasteiger partial charge in [-0.25, -0.2) is 4.98 Å². The maximum atomic E-state index is 13.3. The van der Waals surface area contributed by atoms with Gasteiger partial charge in [0.2, 0.25) is 11.9 Å². The molecule has 1 aromatic carbocycles. The standard InChI is InChI=1S/C26H33ClN6O2/c1-17(2)33-16-22-23(25(33)35)28-26(31-12-10-30(11-13-31)18(3)34)29-24(22)32-9-5-8-21(32)15-19-6-4-7-20(27)14-19/h4,6-7,14,17,21H,5,8-13,15-16H2,1-3H3. The number of rotatable bonds is 5. The highest BCUT2D eigenvalue weighted by Crippen LogP contribution is 2.36. The third-order valence-electron chi connectivity index (χ3n) is 7.41. The molecular weight excluding hydrogens is 464 g/mol. The molecule has 3 aliphatic heterocycles. The van der Waals surface area contributed by atoms with Gasteiger partial charge >= 0.3 is 0 Å². The summed E-state index contributed by atoms with van der Waals surface area (Å²) in [6.07, 6.45) is 3.03. The van der Waals surface area contributed by atoms with E-state index in [1.54, 1.807) is 6.92 Å². The Hall–Kier alpha value is -2.87. The molecule has 3 aliphatic rings. The quantitative estimate of drug-likeness (QED) is 0.632. The van der Waals surface area contributed by atoms with Crippen LogP contribution in [0.1, 0.15) is 55.2 Å². The average Bonchev–Trinajstić information content (AvgIpc) is 3.43. The Balaban J connectivity index is 1.49. The summed E-state index contributed by atoms with van der Waals surface area (Å²) < 4.78 is 0. The summed E-state index contributed by atoms with van der Waals surface area (Å²) in [7, 11) is 0. The summed E-state index contributed by atoms with van der Waals surface area (Å²) in [6, 6.07) is 8.44. The van der Waals surface area contributed by atoms with E-state index in [1.165, 1.54) is 5.56 Å². The fraction of sp³-hybridized carbons (Fsp3) is 0.538. The lowest BCUT2D eigenvalue weighted by molar-refractivity contribution is -0.129. The van der Waals surface area contributed by atoms with Crippen LogP contribution in [0.3, 0.4) is 0 Å². The first kappa shape index (κ1) is 23.9. The minimum Gasteiger partial charge on any atom is -0.353 e. The number of piperazine rings is 1. The van der Waals surface area contributed by atoms with Crippen LogP contribution in [0.15, 0.2) is 24.3 Å². The second kappa shape index (κ2) is 9.64. The Kier molecular flexibility index (Phi) is 6.57. The Morgan fingerprint density at radius 1 is 1.14 bits per heavy atom. The summed E-state index contributed by atoms with van der Waals surface area (Å²) >= 11 is 6.25. The maximum Gasteiger partial charge on any atom is 0.273 e. The van der Waals surface area contributed by atoms with Gasteiger partial charge in [-0.15, -0.1) is 0 Å². The fourth-order valence-electron chi connectivity index (χ4n) is 5.44. The molecule has 9 heteroatoms. The van der Waals surface area contributed by atoms with Crippen molar-refractivity contribution in [1.82, 2.24) is 19.8 Å². The van der Waals surface area contributed by atoms with Crippen LogP contribution in [-0.2, 0) is 17.8 Å². The average molecular weight is 497 g/mol. The van der Waals surface area contributed by atoms with E-state index in [9.17, 15) is 9.59 Å². The lowest BCUT2D eigenvalue weighted by Crippen LogP contribution is -2.48. The van der Waals surface area contributed by atoms with Crippen molar-refractivity contribution in [3.05, 3.63) is 46.1 Å². The van der Waals surface area contributed by atoms with Crippen molar-refractivity contribution in [1.29, 1.82) is 0 Å². The van der Waals surface area contributed by atoms with Crippen LogP contribution >= 0.6 is 11.6 Å². The van der Waals surface area contributed by atoms with Gasteiger partial charge in [-0.05, 0) is 50.8 Å². The summed E-state index contributed by atoms with van der Waals surface area (Å²) in [4.78, 5) is 43.2. The van der Waals surface area contributed by atoms with Gasteiger partial charge in [-0.1, -0.05) is 23.7 Å². The Labute approximate surface area is 211 Å². The lowest BCUT2D eigenvalue weighted by atomic mass is 10.0. The molecule has 0 N–H and O–H groups in total. The van der Waals surface area contributed by atoms with Crippen molar-refractivity contribution in [2.24, 2.45) is 0 Å². The van der Waals surface area contributed by atoms with Gasteiger partial charge in [0.15, 0.2) is 0 Å². The zero-order valence-electron chi connectivity index (χ0n) is 20.7. The highest BCUT2D eigenvalue weighted by atomic mass is 35.5. The van der Waals surface area contributed by atoms with Crippen LogP contribution in [0.2, 0.25) is 5.02 Å². The lowest BCUT2D eigenvalue weighted by Gasteiger charge is -2.35. The molecule has 5 rings (SSSR count). The Morgan fingerprint density at radius 2 is 1.91 bits per heavy atom. The van der Waals surface area contributed by atoms with Crippen molar-refractivity contribution in [3.63, 3.8) is 0 Å². The van der Waals surface area contributed by atoms with Crippen molar-refractivity contribution < 1.29 is 9.59 Å². The molecule has 186 valence electrons. The van der Waals surface area contributed by atoms with Crippen molar-refractivity contribution in [2.75, 3.05) is 42.5 Å². The Bertz CT molecular complexity index is 1130. The number of carbonyl (C=O) groups is 2. The van der Waals surface area contributed by atoms with Crippen LogP contribution in [-0.4, -0.2) is 76.4 Å². The van der Waals surface area contributed by atoms with E-state index in [1.807, 2.05) is 41.8 Å². The fourth-order valence-corrected chi connectivity index (χ4v) is 5.65. The van der Waals surface area contributed by atoms with Gasteiger partial charge in [0, 0.05) is 62.3 Å². The van der Waals surface area contributed by atoms with E-state index < -0.39 is 0 Å². The van der Waals surface area contributed by atoms with Crippen molar-refractivity contribution in [2.45, 2.75) is 58.7 Å². The van der Waals surface area contributed by atoms with Crippen molar-refractivity contribution >= 4 is 35.2 Å². The predicted octanol–water partition coefficient (Wildman–Crippen LogP) is 3.37. The number of aromatic nitrogens is 2. The van der Waals surface area contributed by atoms with Crippen LogP contribution < -0.4 is 9.80 Å². The molecule has 0 saturated carbocycles. The van der Waals surface area contributed by atoms with E-state index in [0.717, 1.165) is 42.2 Å². The van der Waals surface area contributed by atoms with Crippen LogP contribution in [0, 0.1) is 0 Å². The molecule has 8 nitrogen and oxygen atoms in total. The number of hydrogen-bond donors (Lipinski definition) is 0. The van der Waals surface area contributed by atoms with Gasteiger partial charge in [-0.3, -0.25) is 9.59 Å². The third-order valence-corrected chi connectivity index (χ3v) is 7.64. The minimum absolute atomic E-state index is 0.0205. The molecule has 35 heavy (non-hydrogen) atoms. The number of hydrogen-bond acceptors (Lipinski definition) is 6. The first-order valence-electron chi connectivity index (χ1n) is 12.5. The molecule has 1 atom stereocenters. The molecule has 2 saturated heterocycles. The van der Waals surface area contributed by atoms with Gasteiger partial charge < -0.3 is 19.6 Å². The third kappa shape index (κ3) is 4.68. The smallest absolute Gasteiger partial charge is 0.273 e. The minimum atomic E-state index is -0.0205. The normalized spacial score (nSPS) is 20.3. The predicted molar refractivity (Wildman–Crippen MR) is 137 cm³/mol. The number of halogens is 1. The van der Waals surface area contributed by atoms with E-state index in [2.05, 4.69) is 15.9 Å². The molecule has 2 fully saturated rings. The number of anilines is 2. The van der Waals surface area contributed by atoms with Crippen molar-refractivity contribution in [3.8, 4) is 0 Å². The number of nitrogens with zero attached hydrogens (tertiary/aromatic N) is 6. The van der Waals surface area contributed by atoms with E-state index in [4.69, 9.17) is 21.6 Å². The molecule has 1 unspecified atom stereocenters. The number of amides is 2. The molecule has 0 bridgehead atoms. The molecule has 0 aliphatic carbocycles. The highest BCUT2D eigenvalue weighted by Gasteiger charge is 2.38. The number of carbonyl (C=O) groups excluding carboxylic acids is 2. The summed E-state index contributed by atoms with van der Waals surface area (Å²) in [5.74, 6) is 1.55. The van der Waals surface area contributed by atoms with Gasteiger partial charge in [-0.2, -0.15) is 4.98 Å². The molecule has 2 aromatic rings. The molecular formula is C26H33ClN6O2. The van der Waals surface area contributed by atoms with E-state index in [-0.39, 0.29) is 23.9 Å². The summed E-state index contributed by atoms with van der Waals surface area (Å²) in [6.45, 7) is 9.72. The van der Waals surface area contributed by atoms with Crippen LogP contribution in [0.4, 0.5) is 11.8 Å². The highest BCUT2D eigenvalue weighted by molar-refractivity contribution is 6.30.